The molecule has 0 N–H and O–H groups in total. The quantitative estimate of drug-likeness (QED) is 0.512. The maximum atomic E-state index is 12.7. The zero-order valence-corrected chi connectivity index (χ0v) is 16.8. The van der Waals surface area contributed by atoms with E-state index >= 15 is 0 Å². The fraction of sp³-hybridized carbons (Fsp3) is 0.263. The highest BCUT2D eigenvalue weighted by Gasteiger charge is 2.29. The zero-order valence-electron chi connectivity index (χ0n) is 15.2. The highest BCUT2D eigenvalue weighted by atomic mass is 35.5. The Labute approximate surface area is 170 Å². The first kappa shape index (κ1) is 20.6. The third-order valence-corrected chi connectivity index (χ3v) is 4.99. The van der Waals surface area contributed by atoms with Crippen LogP contribution in [0.2, 0.25) is 5.02 Å². The summed E-state index contributed by atoms with van der Waals surface area (Å²) < 4.78 is 42.1. The molecule has 1 aromatic heterocycles. The minimum Gasteiger partial charge on any atom is -0.303 e. The van der Waals surface area contributed by atoms with Crippen molar-refractivity contribution in [2.75, 3.05) is 7.05 Å². The fourth-order valence-electron chi connectivity index (χ4n) is 2.82. The molecule has 0 saturated heterocycles. The van der Waals surface area contributed by atoms with Gasteiger partial charge < -0.3 is 4.57 Å². The van der Waals surface area contributed by atoms with Crippen molar-refractivity contribution in [3.63, 3.8) is 0 Å². The Balaban J connectivity index is 1.74. The summed E-state index contributed by atoms with van der Waals surface area (Å²) in [6, 6.07) is 12.5. The molecular weight excluding hydrogens is 409 g/mol. The van der Waals surface area contributed by atoms with Crippen LogP contribution < -0.4 is 0 Å². The van der Waals surface area contributed by atoms with Crippen molar-refractivity contribution in [1.82, 2.24) is 19.2 Å². The molecule has 3 aromatic rings. The van der Waals surface area contributed by atoms with Gasteiger partial charge in [-0.05, 0) is 61.2 Å². The largest absolute Gasteiger partial charge is 0.416 e. The molecule has 0 aliphatic carbocycles. The van der Waals surface area contributed by atoms with Gasteiger partial charge in [0.25, 0.3) is 0 Å². The van der Waals surface area contributed by atoms with Crippen molar-refractivity contribution in [3.8, 4) is 11.4 Å². The molecule has 3 rings (SSSR count). The Morgan fingerprint density at radius 2 is 1.68 bits per heavy atom. The highest BCUT2D eigenvalue weighted by Crippen LogP contribution is 2.29. The van der Waals surface area contributed by atoms with Gasteiger partial charge in [-0.2, -0.15) is 18.3 Å². The predicted octanol–water partition coefficient (Wildman–Crippen LogP) is 5.38. The van der Waals surface area contributed by atoms with E-state index in [1.54, 1.807) is 16.8 Å². The van der Waals surface area contributed by atoms with Crippen LogP contribution in [0, 0.1) is 4.77 Å². The van der Waals surface area contributed by atoms with Crippen LogP contribution in [0.4, 0.5) is 13.2 Å². The monoisotopic (exact) mass is 426 g/mol. The number of halogens is 4. The summed E-state index contributed by atoms with van der Waals surface area (Å²) >= 11 is 11.4. The van der Waals surface area contributed by atoms with Gasteiger partial charge in [0, 0.05) is 24.2 Å². The van der Waals surface area contributed by atoms with E-state index in [9.17, 15) is 13.2 Å². The van der Waals surface area contributed by atoms with E-state index < -0.39 is 11.7 Å². The topological polar surface area (TPSA) is 26.0 Å². The number of rotatable bonds is 5. The van der Waals surface area contributed by atoms with Crippen LogP contribution in [-0.4, -0.2) is 26.3 Å². The summed E-state index contributed by atoms with van der Waals surface area (Å²) in [6.45, 7) is 0.869. The predicted molar refractivity (Wildman–Crippen MR) is 105 cm³/mol. The summed E-state index contributed by atoms with van der Waals surface area (Å²) in [7, 11) is 3.70. The van der Waals surface area contributed by atoms with Gasteiger partial charge in [-0.25, -0.2) is 4.68 Å². The van der Waals surface area contributed by atoms with E-state index in [1.165, 1.54) is 12.1 Å². The summed E-state index contributed by atoms with van der Waals surface area (Å²) in [5.41, 5.74) is 1.01. The van der Waals surface area contributed by atoms with Crippen molar-refractivity contribution in [1.29, 1.82) is 0 Å². The molecule has 1 heterocycles. The molecule has 0 atom stereocenters. The molecule has 0 amide bonds. The van der Waals surface area contributed by atoms with Crippen LogP contribution in [0.1, 0.15) is 11.1 Å². The van der Waals surface area contributed by atoms with Gasteiger partial charge in [-0.3, -0.25) is 4.90 Å². The number of nitrogens with zero attached hydrogens (tertiary/aromatic N) is 4. The molecule has 0 saturated carbocycles. The van der Waals surface area contributed by atoms with Gasteiger partial charge in [-0.1, -0.05) is 23.7 Å². The molecule has 2 aromatic carbocycles. The summed E-state index contributed by atoms with van der Waals surface area (Å²) in [6.07, 6.45) is -4.33. The molecular formula is C19H18ClF3N4S. The molecule has 0 aliphatic rings. The van der Waals surface area contributed by atoms with Gasteiger partial charge in [-0.15, -0.1) is 0 Å². The molecule has 148 valence electrons. The standard InChI is InChI=1S/C19H18ClF3N4S/c1-25(11-13-3-7-15(8-4-13)19(21,22)23)12-27-18(28)26(2)17(24-27)14-5-9-16(20)10-6-14/h3-10H,11-12H2,1-2H3. The fourth-order valence-corrected chi connectivity index (χ4v) is 3.13. The number of hydrogen-bond acceptors (Lipinski definition) is 3. The Morgan fingerprint density at radius 3 is 2.25 bits per heavy atom. The number of hydrogen-bond donors (Lipinski definition) is 0. The second-order valence-electron chi connectivity index (χ2n) is 6.52. The molecule has 9 heteroatoms. The van der Waals surface area contributed by atoms with E-state index in [4.69, 9.17) is 23.8 Å². The van der Waals surface area contributed by atoms with Crippen molar-refractivity contribution in [2.45, 2.75) is 19.4 Å². The van der Waals surface area contributed by atoms with Gasteiger partial charge in [0.15, 0.2) is 10.6 Å². The Morgan fingerprint density at radius 1 is 1.07 bits per heavy atom. The van der Waals surface area contributed by atoms with E-state index in [1.807, 2.05) is 35.7 Å². The lowest BCUT2D eigenvalue weighted by Crippen LogP contribution is -2.22. The zero-order chi connectivity index (χ0) is 20.5. The lowest BCUT2D eigenvalue weighted by atomic mass is 10.1. The second-order valence-corrected chi connectivity index (χ2v) is 7.32. The molecule has 0 spiro atoms. The lowest BCUT2D eigenvalue weighted by molar-refractivity contribution is -0.137. The lowest BCUT2D eigenvalue weighted by Gasteiger charge is -2.17. The smallest absolute Gasteiger partial charge is 0.303 e. The Kier molecular flexibility index (Phi) is 5.92. The summed E-state index contributed by atoms with van der Waals surface area (Å²) in [5, 5.41) is 5.22. The SMILES string of the molecule is CN(Cc1ccc(C(F)(F)F)cc1)Cn1nc(-c2ccc(Cl)cc2)n(C)c1=S. The first-order valence-corrected chi connectivity index (χ1v) is 9.18. The average Bonchev–Trinajstić information content (AvgIpc) is 2.90. The molecule has 0 bridgehead atoms. The molecule has 28 heavy (non-hydrogen) atoms. The summed E-state index contributed by atoms with van der Waals surface area (Å²) in [5.74, 6) is 0.713. The van der Waals surface area contributed by atoms with Crippen LogP contribution in [0.25, 0.3) is 11.4 Å². The van der Waals surface area contributed by atoms with E-state index in [2.05, 4.69) is 5.10 Å². The van der Waals surface area contributed by atoms with Gasteiger partial charge in [0.1, 0.15) is 0 Å². The van der Waals surface area contributed by atoms with E-state index in [0.717, 1.165) is 23.3 Å². The molecule has 0 aliphatic heterocycles. The number of benzene rings is 2. The van der Waals surface area contributed by atoms with Crippen molar-refractivity contribution < 1.29 is 13.2 Å². The molecule has 0 unspecified atom stereocenters. The normalized spacial score (nSPS) is 12.0. The summed E-state index contributed by atoms with van der Waals surface area (Å²) in [4.78, 5) is 1.93. The van der Waals surface area contributed by atoms with Crippen LogP contribution >= 0.6 is 23.8 Å². The van der Waals surface area contributed by atoms with Crippen LogP contribution in [-0.2, 0) is 26.4 Å². The van der Waals surface area contributed by atoms with Gasteiger partial charge in [0.2, 0.25) is 0 Å². The molecule has 4 nitrogen and oxygen atoms in total. The second kappa shape index (κ2) is 8.06. The maximum Gasteiger partial charge on any atom is 0.416 e. The van der Waals surface area contributed by atoms with Gasteiger partial charge in [0.05, 0.1) is 12.2 Å². The highest BCUT2D eigenvalue weighted by molar-refractivity contribution is 7.71. The minimum absolute atomic E-state index is 0.404. The van der Waals surface area contributed by atoms with Crippen molar-refractivity contribution >= 4 is 23.8 Å². The third kappa shape index (κ3) is 4.63. The minimum atomic E-state index is -4.33. The van der Waals surface area contributed by atoms with E-state index in [0.29, 0.717) is 28.8 Å². The Hall–Kier alpha value is -2.16. The molecule has 0 radical (unpaired) electrons. The third-order valence-electron chi connectivity index (χ3n) is 4.25. The first-order valence-electron chi connectivity index (χ1n) is 8.39. The Bertz CT molecular complexity index is 1010. The van der Waals surface area contributed by atoms with Crippen molar-refractivity contribution in [3.05, 3.63) is 69.5 Å². The van der Waals surface area contributed by atoms with Crippen molar-refractivity contribution in [2.24, 2.45) is 7.05 Å². The number of alkyl halides is 3. The van der Waals surface area contributed by atoms with Crippen LogP contribution in [0.5, 0.6) is 0 Å². The van der Waals surface area contributed by atoms with Gasteiger partial charge >= 0.3 is 6.18 Å². The van der Waals surface area contributed by atoms with E-state index in [-0.39, 0.29) is 0 Å². The van der Waals surface area contributed by atoms with Crippen LogP contribution in [0.15, 0.2) is 48.5 Å². The number of aromatic nitrogens is 3. The average molecular weight is 427 g/mol. The molecule has 0 fully saturated rings. The van der Waals surface area contributed by atoms with Crippen LogP contribution in [0.3, 0.4) is 0 Å². The first-order chi connectivity index (χ1) is 13.1. The maximum absolute atomic E-state index is 12.7.